The van der Waals surface area contributed by atoms with Gasteiger partial charge in [0.15, 0.2) is 5.65 Å². The van der Waals surface area contributed by atoms with Crippen molar-refractivity contribution in [3.05, 3.63) is 22.7 Å². The van der Waals surface area contributed by atoms with Gasteiger partial charge in [0.25, 0.3) is 0 Å². The second-order valence-corrected chi connectivity index (χ2v) is 4.16. The van der Waals surface area contributed by atoms with Crippen LogP contribution in [0.15, 0.2) is 17.1 Å². The first-order valence-corrected chi connectivity index (χ1v) is 5.67. The first-order valence-electron chi connectivity index (χ1n) is 5.67. The summed E-state index contributed by atoms with van der Waals surface area (Å²) in [4.78, 5) is 15.8. The monoisotopic (exact) mass is 329 g/mol. The number of methoxy groups -OCH3 is 2. The van der Waals surface area contributed by atoms with Crippen LogP contribution in [0, 0.1) is 0 Å². The van der Waals surface area contributed by atoms with Crippen LogP contribution in [0.2, 0.25) is 0 Å². The van der Waals surface area contributed by atoms with Gasteiger partial charge in [-0.3, -0.25) is 9.13 Å². The van der Waals surface area contributed by atoms with Gasteiger partial charge >= 0.3 is 64.1 Å². The molecule has 2 heterocycles. The molecule has 0 aliphatic heterocycles. The van der Waals surface area contributed by atoms with E-state index in [9.17, 15) is 17.7 Å². The Morgan fingerprint density at radius 2 is 1.76 bits per heavy atom. The number of halogens is 3. The van der Waals surface area contributed by atoms with Crippen LogP contribution in [-0.4, -0.2) is 35.3 Å². The van der Waals surface area contributed by atoms with E-state index in [1.54, 1.807) is 0 Å². The summed E-state index contributed by atoms with van der Waals surface area (Å²) in [6.07, 6.45) is 0.713. The number of hydrogen-bond donors (Lipinski definition) is 0. The van der Waals surface area contributed by atoms with Gasteiger partial charge in [-0.1, -0.05) is 11.5 Å². The molecule has 2 aromatic heterocycles. The Hall–Kier alpha value is -0.169. The molecule has 0 saturated heterocycles. The van der Waals surface area contributed by atoms with E-state index in [4.69, 9.17) is 9.47 Å². The molecule has 6 nitrogen and oxygen atoms in total. The predicted molar refractivity (Wildman–Crippen MR) is 66.7 cm³/mol. The number of fused-ring (bicyclic) bond motifs is 1. The summed E-state index contributed by atoms with van der Waals surface area (Å²) < 4.78 is 50.2. The Morgan fingerprint density at radius 1 is 1.19 bits per heavy atom. The normalized spacial score (nSPS) is 11.7. The van der Waals surface area contributed by atoms with E-state index in [1.807, 2.05) is 0 Å². The topological polar surface area (TPSA) is 58.3 Å². The molecule has 0 unspecified atom stereocenters. The molecule has 0 aromatic carbocycles. The maximum atomic E-state index is 12.8. The van der Waals surface area contributed by atoms with Gasteiger partial charge in [0.1, 0.15) is 13.5 Å². The zero-order valence-electron chi connectivity index (χ0n) is 11.8. The zero-order chi connectivity index (χ0) is 14.9. The molecule has 0 bridgehead atoms. The predicted octanol–water partition coefficient (Wildman–Crippen LogP) is -2.54. The zero-order valence-corrected chi connectivity index (χ0v) is 15.0. The Labute approximate surface area is 160 Å². The summed E-state index contributed by atoms with van der Waals surface area (Å²) in [5, 5.41) is 0. The molecule has 110 valence electrons. The third kappa shape index (κ3) is 3.78. The van der Waals surface area contributed by atoms with Crippen LogP contribution in [0.4, 0.5) is 12.9 Å². The molecule has 0 aliphatic carbocycles. The van der Waals surface area contributed by atoms with Gasteiger partial charge in [0, 0.05) is 20.4 Å². The van der Waals surface area contributed by atoms with E-state index in [-0.39, 0.29) is 76.0 Å². The van der Waals surface area contributed by atoms with Crippen LogP contribution >= 0.6 is 0 Å². The maximum absolute atomic E-state index is 12.8. The van der Waals surface area contributed by atoms with Crippen molar-refractivity contribution in [2.24, 2.45) is 0 Å². The molecule has 0 spiro atoms. The Morgan fingerprint density at radius 3 is 2.29 bits per heavy atom. The van der Waals surface area contributed by atoms with Crippen LogP contribution < -0.4 is 62.5 Å². The standard InChI is InChI=1S/C10H12BF3N3O3.K/c1-19-5-16-8-3-7(11(12,13)14)4-15-9(8)17(6-20-2)10(16)18;/h3-4H,5-6H2,1-2H3;/q-1;+1. The quantitative estimate of drug-likeness (QED) is 0.568. The van der Waals surface area contributed by atoms with E-state index in [0.29, 0.717) is 6.20 Å². The maximum Gasteiger partial charge on any atom is 1.00 e. The average Bonchev–Trinajstić information content (AvgIpc) is 2.64. The molecule has 0 amide bonds. The number of imidazole rings is 1. The van der Waals surface area contributed by atoms with Crippen LogP contribution in [0.5, 0.6) is 0 Å². The van der Waals surface area contributed by atoms with Crippen molar-refractivity contribution < 1.29 is 73.8 Å². The van der Waals surface area contributed by atoms with E-state index >= 15 is 0 Å². The molecule has 2 aromatic rings. The SMILES string of the molecule is COCn1c(=O)n(COC)c2ncc([B-](F)(F)F)cc21.[K+]. The molecule has 0 fully saturated rings. The van der Waals surface area contributed by atoms with Crippen LogP contribution in [-0.2, 0) is 22.9 Å². The van der Waals surface area contributed by atoms with Gasteiger partial charge in [0.05, 0.1) is 5.52 Å². The van der Waals surface area contributed by atoms with E-state index in [1.165, 1.54) is 14.2 Å². The minimum absolute atomic E-state index is 0. The second-order valence-electron chi connectivity index (χ2n) is 4.16. The fourth-order valence-electron chi connectivity index (χ4n) is 1.89. The third-order valence-electron chi connectivity index (χ3n) is 2.77. The van der Waals surface area contributed by atoms with Crippen LogP contribution in [0.3, 0.4) is 0 Å². The number of rotatable bonds is 5. The number of aromatic nitrogens is 3. The molecule has 0 radical (unpaired) electrons. The summed E-state index contributed by atoms with van der Waals surface area (Å²) in [7, 11) is 2.72. The number of nitrogens with zero attached hydrogens (tertiary/aromatic N) is 3. The fourth-order valence-corrected chi connectivity index (χ4v) is 1.89. The van der Waals surface area contributed by atoms with Gasteiger partial charge in [-0.15, -0.1) is 0 Å². The molecule has 2 rings (SSSR count). The van der Waals surface area contributed by atoms with Crippen molar-refractivity contribution >= 4 is 23.6 Å². The molecular formula is C10H12BF3KN3O3. The molecule has 0 N–H and O–H groups in total. The van der Waals surface area contributed by atoms with Crippen molar-refractivity contribution in [2.75, 3.05) is 14.2 Å². The van der Waals surface area contributed by atoms with Crippen molar-refractivity contribution in [3.8, 4) is 0 Å². The summed E-state index contributed by atoms with van der Waals surface area (Å²) in [6, 6.07) is 0.898. The summed E-state index contributed by atoms with van der Waals surface area (Å²) in [5.74, 6) is 0. The van der Waals surface area contributed by atoms with Crippen molar-refractivity contribution in [1.29, 1.82) is 0 Å². The van der Waals surface area contributed by atoms with E-state index < -0.39 is 18.1 Å². The van der Waals surface area contributed by atoms with Gasteiger partial charge in [-0.2, -0.15) is 0 Å². The van der Waals surface area contributed by atoms with Crippen molar-refractivity contribution in [3.63, 3.8) is 0 Å². The number of hydrogen-bond acceptors (Lipinski definition) is 4. The Kier molecular flexibility index (Phi) is 6.65. The van der Waals surface area contributed by atoms with E-state index in [0.717, 1.165) is 15.2 Å². The largest absolute Gasteiger partial charge is 1.00 e. The minimum Gasteiger partial charge on any atom is -0.445 e. The summed E-state index contributed by atoms with van der Waals surface area (Å²) in [5.41, 5.74) is -1.22. The number of pyridine rings is 1. The molecule has 11 heteroatoms. The van der Waals surface area contributed by atoms with Crippen LogP contribution in [0.25, 0.3) is 11.2 Å². The average molecular weight is 329 g/mol. The first kappa shape index (κ1) is 18.9. The number of ether oxygens (including phenoxy) is 2. The van der Waals surface area contributed by atoms with Gasteiger partial charge in [-0.25, -0.2) is 9.78 Å². The summed E-state index contributed by atoms with van der Waals surface area (Å²) >= 11 is 0. The molecule has 0 atom stereocenters. The first-order chi connectivity index (χ1) is 9.40. The van der Waals surface area contributed by atoms with Gasteiger partial charge < -0.3 is 22.4 Å². The van der Waals surface area contributed by atoms with Crippen molar-refractivity contribution in [2.45, 2.75) is 13.5 Å². The smallest absolute Gasteiger partial charge is 0.445 e. The van der Waals surface area contributed by atoms with Gasteiger partial charge in [-0.05, 0) is 0 Å². The van der Waals surface area contributed by atoms with Crippen LogP contribution in [0.1, 0.15) is 0 Å². The summed E-state index contributed by atoms with van der Waals surface area (Å²) in [6.45, 7) is -5.45. The van der Waals surface area contributed by atoms with Crippen molar-refractivity contribution in [1.82, 2.24) is 14.1 Å². The third-order valence-corrected chi connectivity index (χ3v) is 2.77. The fraction of sp³-hybridized carbons (Fsp3) is 0.400. The second kappa shape index (κ2) is 7.40. The minimum atomic E-state index is -5.18. The van der Waals surface area contributed by atoms with Gasteiger partial charge in [0.2, 0.25) is 0 Å². The molecule has 0 aliphatic rings. The Bertz CT molecular complexity index is 686. The molecule has 21 heavy (non-hydrogen) atoms. The molecule has 0 saturated carbocycles. The molecular weight excluding hydrogens is 317 g/mol. The van der Waals surface area contributed by atoms with E-state index in [2.05, 4.69) is 4.98 Å². The Balaban J connectivity index is 0.00000220.